The zero-order valence-corrected chi connectivity index (χ0v) is 15.0. The summed E-state index contributed by atoms with van der Waals surface area (Å²) in [6.07, 6.45) is 4.60. The fourth-order valence-corrected chi connectivity index (χ4v) is 3.30. The number of nitrogens with zero attached hydrogens (tertiary/aromatic N) is 3. The van der Waals surface area contributed by atoms with Gasteiger partial charge in [-0.1, -0.05) is 35.5 Å². The number of amides is 1. The van der Waals surface area contributed by atoms with E-state index in [4.69, 9.17) is 9.26 Å². The summed E-state index contributed by atoms with van der Waals surface area (Å²) in [6.45, 7) is 2.90. The van der Waals surface area contributed by atoms with E-state index in [1.54, 1.807) is 0 Å². The molecule has 1 saturated heterocycles. The van der Waals surface area contributed by atoms with Crippen molar-refractivity contribution in [3.05, 3.63) is 47.6 Å². The fraction of sp³-hybridized carbons (Fsp3) is 0.550. The second kappa shape index (κ2) is 7.99. The Bertz CT molecular complexity index is 727. The second-order valence-electron chi connectivity index (χ2n) is 7.30. The van der Waals surface area contributed by atoms with Gasteiger partial charge in [0, 0.05) is 26.1 Å². The van der Waals surface area contributed by atoms with Crippen LogP contribution in [0.25, 0.3) is 0 Å². The molecule has 2 aliphatic rings. The predicted molar refractivity (Wildman–Crippen MR) is 95.6 cm³/mol. The van der Waals surface area contributed by atoms with Crippen LogP contribution in [0.5, 0.6) is 0 Å². The first kappa shape index (κ1) is 17.2. The molecule has 1 aliphatic heterocycles. The lowest BCUT2D eigenvalue weighted by Crippen LogP contribution is -2.29. The van der Waals surface area contributed by atoms with Gasteiger partial charge >= 0.3 is 0 Å². The van der Waals surface area contributed by atoms with Gasteiger partial charge in [-0.3, -0.25) is 4.79 Å². The molecule has 2 fully saturated rings. The summed E-state index contributed by atoms with van der Waals surface area (Å²) < 4.78 is 11.1. The third-order valence-electron chi connectivity index (χ3n) is 5.09. The van der Waals surface area contributed by atoms with Crippen molar-refractivity contribution in [2.75, 3.05) is 26.3 Å². The molecule has 1 amide bonds. The van der Waals surface area contributed by atoms with E-state index >= 15 is 0 Å². The Balaban J connectivity index is 1.24. The maximum absolute atomic E-state index is 12.5. The lowest BCUT2D eigenvalue weighted by Gasteiger charge is -2.15. The van der Waals surface area contributed by atoms with Crippen LogP contribution in [0, 0.1) is 5.92 Å². The van der Waals surface area contributed by atoms with Crippen molar-refractivity contribution < 1.29 is 14.1 Å². The smallest absolute Gasteiger partial charge is 0.231 e. The average Bonchev–Trinajstić information content (AvgIpc) is 3.16. The standard InChI is InChI=1S/C20H25N3O3/c24-19(12-15-4-2-1-3-5-15)23-10-8-17(13-23)20-21-18(22-26-20)9-11-25-14-16-6-7-16/h1-5,16-17H,6-14H2. The molecule has 2 heterocycles. The number of carbonyl (C=O) groups is 1. The Labute approximate surface area is 153 Å². The average molecular weight is 355 g/mol. The topological polar surface area (TPSA) is 68.5 Å². The molecule has 6 nitrogen and oxygen atoms in total. The van der Waals surface area contributed by atoms with Crippen molar-refractivity contribution in [1.82, 2.24) is 15.0 Å². The summed E-state index contributed by atoms with van der Waals surface area (Å²) in [7, 11) is 0. The fourth-order valence-electron chi connectivity index (χ4n) is 3.30. The van der Waals surface area contributed by atoms with E-state index in [1.807, 2.05) is 35.2 Å². The molecule has 0 N–H and O–H groups in total. The maximum atomic E-state index is 12.5. The van der Waals surface area contributed by atoms with Crippen LogP contribution < -0.4 is 0 Å². The van der Waals surface area contributed by atoms with Gasteiger partial charge in [-0.25, -0.2) is 0 Å². The second-order valence-corrected chi connectivity index (χ2v) is 7.30. The molecule has 1 aromatic heterocycles. The van der Waals surface area contributed by atoms with Crippen LogP contribution in [0.4, 0.5) is 0 Å². The number of aromatic nitrogens is 2. The van der Waals surface area contributed by atoms with Crippen molar-refractivity contribution in [3.63, 3.8) is 0 Å². The van der Waals surface area contributed by atoms with Crippen LogP contribution >= 0.6 is 0 Å². The Morgan fingerprint density at radius 2 is 2.08 bits per heavy atom. The number of hydrogen-bond donors (Lipinski definition) is 0. The Morgan fingerprint density at radius 1 is 1.23 bits per heavy atom. The highest BCUT2D eigenvalue weighted by molar-refractivity contribution is 5.79. The minimum atomic E-state index is 0.142. The number of ether oxygens (including phenoxy) is 1. The molecule has 1 unspecified atom stereocenters. The van der Waals surface area contributed by atoms with E-state index in [1.165, 1.54) is 12.8 Å². The molecule has 0 spiro atoms. The van der Waals surface area contributed by atoms with Crippen molar-refractivity contribution >= 4 is 5.91 Å². The zero-order valence-electron chi connectivity index (χ0n) is 15.0. The molecule has 26 heavy (non-hydrogen) atoms. The molecule has 2 aromatic rings. The van der Waals surface area contributed by atoms with Gasteiger partial charge in [0.1, 0.15) is 0 Å². The van der Waals surface area contributed by atoms with Crippen molar-refractivity contribution in [2.24, 2.45) is 5.92 Å². The number of benzene rings is 1. The molecule has 6 heteroatoms. The maximum Gasteiger partial charge on any atom is 0.231 e. The van der Waals surface area contributed by atoms with Gasteiger partial charge in [-0.2, -0.15) is 4.98 Å². The van der Waals surface area contributed by atoms with E-state index in [2.05, 4.69) is 10.1 Å². The van der Waals surface area contributed by atoms with E-state index in [0.717, 1.165) is 31.1 Å². The van der Waals surface area contributed by atoms with Crippen LogP contribution in [0.1, 0.15) is 42.5 Å². The molecule has 1 saturated carbocycles. The first-order valence-corrected chi connectivity index (χ1v) is 9.50. The van der Waals surface area contributed by atoms with E-state index < -0.39 is 0 Å². The molecule has 1 atom stereocenters. The molecule has 0 bridgehead atoms. The van der Waals surface area contributed by atoms with Crippen molar-refractivity contribution in [2.45, 2.75) is 38.0 Å². The summed E-state index contributed by atoms with van der Waals surface area (Å²) in [6, 6.07) is 9.86. The number of carbonyl (C=O) groups excluding carboxylic acids is 1. The highest BCUT2D eigenvalue weighted by atomic mass is 16.5. The Kier molecular flexibility index (Phi) is 5.29. The van der Waals surface area contributed by atoms with Gasteiger partial charge in [0.05, 0.1) is 18.9 Å². The summed E-state index contributed by atoms with van der Waals surface area (Å²) >= 11 is 0. The van der Waals surface area contributed by atoms with Crippen LogP contribution in [-0.4, -0.2) is 47.3 Å². The quantitative estimate of drug-likeness (QED) is 0.681. The van der Waals surface area contributed by atoms with Crippen LogP contribution in [0.2, 0.25) is 0 Å². The molecule has 1 aromatic carbocycles. The first-order valence-electron chi connectivity index (χ1n) is 9.50. The number of rotatable bonds is 8. The molecule has 1 aliphatic carbocycles. The van der Waals surface area contributed by atoms with Crippen LogP contribution in [-0.2, 0) is 22.4 Å². The lowest BCUT2D eigenvalue weighted by molar-refractivity contribution is -0.129. The first-order chi connectivity index (χ1) is 12.8. The van der Waals surface area contributed by atoms with Gasteiger partial charge in [-0.05, 0) is 30.7 Å². The van der Waals surface area contributed by atoms with Gasteiger partial charge in [-0.15, -0.1) is 0 Å². The normalized spacial score (nSPS) is 19.8. The number of likely N-dealkylation sites (tertiary alicyclic amines) is 1. The molecule has 0 radical (unpaired) electrons. The Hall–Kier alpha value is -2.21. The monoisotopic (exact) mass is 355 g/mol. The van der Waals surface area contributed by atoms with Crippen LogP contribution in [0.15, 0.2) is 34.9 Å². The summed E-state index contributed by atoms with van der Waals surface area (Å²) in [5.74, 6) is 2.42. The lowest BCUT2D eigenvalue weighted by atomic mass is 10.1. The van der Waals surface area contributed by atoms with E-state index in [0.29, 0.717) is 37.7 Å². The van der Waals surface area contributed by atoms with Crippen molar-refractivity contribution in [3.8, 4) is 0 Å². The number of hydrogen-bond acceptors (Lipinski definition) is 5. The summed E-state index contributed by atoms with van der Waals surface area (Å²) in [4.78, 5) is 18.9. The molecular weight excluding hydrogens is 330 g/mol. The van der Waals surface area contributed by atoms with Gasteiger partial charge in [0.2, 0.25) is 11.8 Å². The van der Waals surface area contributed by atoms with E-state index in [9.17, 15) is 4.79 Å². The molecular formula is C20H25N3O3. The minimum Gasteiger partial charge on any atom is -0.381 e. The highest BCUT2D eigenvalue weighted by Crippen LogP contribution is 2.29. The highest BCUT2D eigenvalue weighted by Gasteiger charge is 2.31. The SMILES string of the molecule is O=C(Cc1ccccc1)N1CCC(c2nc(CCOCC3CC3)no2)C1. The van der Waals surface area contributed by atoms with Crippen molar-refractivity contribution in [1.29, 1.82) is 0 Å². The molecule has 138 valence electrons. The minimum absolute atomic E-state index is 0.142. The van der Waals surface area contributed by atoms with Gasteiger partial charge in [0.15, 0.2) is 5.82 Å². The Morgan fingerprint density at radius 3 is 2.88 bits per heavy atom. The van der Waals surface area contributed by atoms with Gasteiger partial charge in [0.25, 0.3) is 0 Å². The molecule has 4 rings (SSSR count). The van der Waals surface area contributed by atoms with Gasteiger partial charge < -0.3 is 14.2 Å². The van der Waals surface area contributed by atoms with Crippen LogP contribution in [0.3, 0.4) is 0 Å². The third kappa shape index (κ3) is 4.49. The summed E-state index contributed by atoms with van der Waals surface area (Å²) in [5, 5.41) is 4.06. The zero-order chi connectivity index (χ0) is 17.8. The predicted octanol–water partition coefficient (Wildman–Crippen LogP) is 2.60. The largest absolute Gasteiger partial charge is 0.381 e. The summed E-state index contributed by atoms with van der Waals surface area (Å²) in [5.41, 5.74) is 1.05. The van der Waals surface area contributed by atoms with E-state index in [-0.39, 0.29) is 11.8 Å². The third-order valence-corrected chi connectivity index (χ3v) is 5.09.